The van der Waals surface area contributed by atoms with Crippen molar-refractivity contribution in [2.75, 3.05) is 0 Å². The summed E-state index contributed by atoms with van der Waals surface area (Å²) in [6.45, 7) is 1.64. The Bertz CT molecular complexity index is 703. The van der Waals surface area contributed by atoms with Gasteiger partial charge in [-0.1, -0.05) is 12.1 Å². The zero-order valence-electron chi connectivity index (χ0n) is 11.2. The summed E-state index contributed by atoms with van der Waals surface area (Å²) >= 11 is 0. The molecule has 5 nitrogen and oxygen atoms in total. The number of aliphatic hydroxyl groups is 3. The van der Waals surface area contributed by atoms with Crippen molar-refractivity contribution in [3.05, 3.63) is 70.9 Å². The number of carbonyl (C=O) groups excluding carboxylic acids is 1. The van der Waals surface area contributed by atoms with Crippen molar-refractivity contribution in [1.82, 2.24) is 0 Å². The van der Waals surface area contributed by atoms with Crippen LogP contribution in [0.1, 0.15) is 12.5 Å². The maximum atomic E-state index is 11.7. The molecule has 1 aliphatic rings. The van der Waals surface area contributed by atoms with Crippen molar-refractivity contribution in [2.24, 2.45) is 0 Å². The summed E-state index contributed by atoms with van der Waals surface area (Å²) in [6, 6.07) is 6.18. The molecule has 5 heteroatoms. The van der Waals surface area contributed by atoms with Gasteiger partial charge in [-0.15, -0.1) is 0 Å². The lowest BCUT2D eigenvalue weighted by molar-refractivity contribution is -0.111. The van der Waals surface area contributed by atoms with Crippen LogP contribution in [0.2, 0.25) is 0 Å². The summed E-state index contributed by atoms with van der Waals surface area (Å²) in [6.07, 6.45) is 3.12. The number of hydrogen-bond donors (Lipinski definition) is 4. The quantitative estimate of drug-likeness (QED) is 0.495. The van der Waals surface area contributed by atoms with Gasteiger partial charge in [0.25, 0.3) is 0 Å². The molecule has 108 valence electrons. The van der Waals surface area contributed by atoms with E-state index in [4.69, 9.17) is 0 Å². The van der Waals surface area contributed by atoms with E-state index in [9.17, 15) is 25.2 Å². The third-order valence-corrected chi connectivity index (χ3v) is 3.07. The molecule has 0 heterocycles. The summed E-state index contributed by atoms with van der Waals surface area (Å²) < 4.78 is 0. The molecule has 0 saturated carbocycles. The summed E-state index contributed by atoms with van der Waals surface area (Å²) in [5, 5.41) is 38.1. The number of phenolic OH excluding ortho intramolecular Hbond substituents is 1. The van der Waals surface area contributed by atoms with E-state index < -0.39 is 11.5 Å². The van der Waals surface area contributed by atoms with Crippen molar-refractivity contribution in [1.29, 1.82) is 0 Å². The molecule has 0 aromatic heterocycles. The lowest BCUT2D eigenvalue weighted by Gasteiger charge is -2.09. The largest absolute Gasteiger partial charge is 0.508 e. The van der Waals surface area contributed by atoms with Crippen LogP contribution in [0.25, 0.3) is 5.57 Å². The maximum Gasteiger partial charge on any atom is 0.193 e. The predicted octanol–water partition coefficient (Wildman–Crippen LogP) is 3.07. The van der Waals surface area contributed by atoms with E-state index in [-0.39, 0.29) is 22.8 Å². The van der Waals surface area contributed by atoms with Gasteiger partial charge in [0.2, 0.25) is 0 Å². The number of aromatic hydroxyl groups is 1. The van der Waals surface area contributed by atoms with E-state index in [1.165, 1.54) is 12.1 Å². The highest BCUT2D eigenvalue weighted by Gasteiger charge is 2.18. The fourth-order valence-corrected chi connectivity index (χ4v) is 1.85. The highest BCUT2D eigenvalue weighted by atomic mass is 16.3. The van der Waals surface area contributed by atoms with Gasteiger partial charge in [0.1, 0.15) is 23.0 Å². The normalized spacial score (nSPS) is 18.1. The maximum absolute atomic E-state index is 11.7. The van der Waals surface area contributed by atoms with E-state index in [1.807, 2.05) is 0 Å². The molecule has 1 aromatic rings. The zero-order chi connectivity index (χ0) is 15.6. The third kappa shape index (κ3) is 3.14. The van der Waals surface area contributed by atoms with Crippen LogP contribution >= 0.6 is 0 Å². The second-order valence-corrected chi connectivity index (χ2v) is 4.58. The molecule has 4 N–H and O–H groups in total. The number of hydrogen-bond acceptors (Lipinski definition) is 5. The Morgan fingerprint density at radius 2 is 1.67 bits per heavy atom. The van der Waals surface area contributed by atoms with Crippen LogP contribution in [0, 0.1) is 0 Å². The van der Waals surface area contributed by atoms with Gasteiger partial charge >= 0.3 is 0 Å². The smallest absolute Gasteiger partial charge is 0.193 e. The summed E-state index contributed by atoms with van der Waals surface area (Å²) in [7, 11) is 0. The first kappa shape index (κ1) is 14.5. The van der Waals surface area contributed by atoms with E-state index in [0.29, 0.717) is 11.1 Å². The minimum absolute atomic E-state index is 0.105. The number of phenols is 1. The van der Waals surface area contributed by atoms with Crippen LogP contribution in [-0.4, -0.2) is 26.2 Å². The average molecular weight is 286 g/mol. The molecule has 0 saturated heterocycles. The first-order chi connectivity index (χ1) is 9.88. The van der Waals surface area contributed by atoms with Gasteiger partial charge in [-0.25, -0.2) is 0 Å². The van der Waals surface area contributed by atoms with Gasteiger partial charge in [-0.2, -0.15) is 0 Å². The molecule has 0 unspecified atom stereocenters. The Morgan fingerprint density at radius 1 is 1.05 bits per heavy atom. The Morgan fingerprint density at radius 3 is 2.24 bits per heavy atom. The Hall–Kier alpha value is -2.95. The van der Waals surface area contributed by atoms with Crippen LogP contribution < -0.4 is 0 Å². The van der Waals surface area contributed by atoms with Gasteiger partial charge in [0.05, 0.1) is 5.57 Å². The fraction of sp³-hybridized carbons (Fsp3) is 0.0625. The second-order valence-electron chi connectivity index (χ2n) is 4.58. The standard InChI is InChI=1S/C16H14O5/c1-9(10-2-4-11(17)5-3-10)14(19)8-13-15(20)6-12(18)7-16(13)21/h2-8,17-20H,1H3/b13-8-,14-9-. The molecule has 1 aromatic carbocycles. The minimum atomic E-state index is -0.599. The molecular weight excluding hydrogens is 272 g/mol. The molecule has 21 heavy (non-hydrogen) atoms. The summed E-state index contributed by atoms with van der Waals surface area (Å²) in [5.74, 6) is -1.44. The molecule has 1 aliphatic carbocycles. The van der Waals surface area contributed by atoms with Crippen molar-refractivity contribution in [3.63, 3.8) is 0 Å². The summed E-state index contributed by atoms with van der Waals surface area (Å²) in [5.41, 5.74) is 1.03. The first-order valence-corrected chi connectivity index (χ1v) is 6.15. The number of benzene rings is 1. The molecule has 2 rings (SSSR count). The number of carbonyl (C=O) groups is 1. The van der Waals surface area contributed by atoms with Crippen LogP contribution in [-0.2, 0) is 4.79 Å². The van der Waals surface area contributed by atoms with Gasteiger partial charge in [-0.05, 0) is 36.3 Å². The van der Waals surface area contributed by atoms with E-state index in [2.05, 4.69) is 0 Å². The van der Waals surface area contributed by atoms with Gasteiger partial charge in [0.15, 0.2) is 5.78 Å². The molecule has 0 spiro atoms. The van der Waals surface area contributed by atoms with Crippen molar-refractivity contribution < 1.29 is 25.2 Å². The van der Waals surface area contributed by atoms with Crippen molar-refractivity contribution >= 4 is 11.4 Å². The molecule has 0 amide bonds. The highest BCUT2D eigenvalue weighted by Crippen LogP contribution is 2.24. The predicted molar refractivity (Wildman–Crippen MR) is 77.8 cm³/mol. The Labute approximate surface area is 121 Å². The number of ketones is 1. The Kier molecular flexibility index (Phi) is 3.84. The van der Waals surface area contributed by atoms with Crippen molar-refractivity contribution in [3.8, 4) is 5.75 Å². The Balaban J connectivity index is 2.40. The monoisotopic (exact) mass is 286 g/mol. The SMILES string of the molecule is C/C(=C(O)\C=C1/C(=O)C=C(O)C=C1O)c1ccc(O)cc1. The second kappa shape index (κ2) is 5.58. The third-order valence-electron chi connectivity index (χ3n) is 3.07. The minimum Gasteiger partial charge on any atom is -0.508 e. The average Bonchev–Trinajstić information content (AvgIpc) is 2.42. The topological polar surface area (TPSA) is 98.0 Å². The van der Waals surface area contributed by atoms with Crippen LogP contribution in [0.3, 0.4) is 0 Å². The first-order valence-electron chi connectivity index (χ1n) is 6.15. The van der Waals surface area contributed by atoms with E-state index >= 15 is 0 Å². The molecule has 0 aliphatic heterocycles. The number of rotatable bonds is 2. The number of aliphatic hydroxyl groups excluding tert-OH is 3. The van der Waals surface area contributed by atoms with Crippen LogP contribution in [0.4, 0.5) is 0 Å². The lowest BCUT2D eigenvalue weighted by Crippen LogP contribution is -2.08. The van der Waals surface area contributed by atoms with Gasteiger partial charge in [0, 0.05) is 12.2 Å². The summed E-state index contributed by atoms with van der Waals surface area (Å²) in [4.78, 5) is 11.7. The van der Waals surface area contributed by atoms with E-state index in [0.717, 1.165) is 18.2 Å². The molecule has 0 radical (unpaired) electrons. The fourth-order valence-electron chi connectivity index (χ4n) is 1.85. The molecule has 0 fully saturated rings. The van der Waals surface area contributed by atoms with Crippen molar-refractivity contribution in [2.45, 2.75) is 6.92 Å². The zero-order valence-corrected chi connectivity index (χ0v) is 11.2. The van der Waals surface area contributed by atoms with Gasteiger partial charge in [-0.3, -0.25) is 4.79 Å². The lowest BCUT2D eigenvalue weighted by atomic mass is 10.00. The van der Waals surface area contributed by atoms with Gasteiger partial charge < -0.3 is 20.4 Å². The molecular formula is C16H14O5. The molecule has 0 bridgehead atoms. The van der Waals surface area contributed by atoms with Crippen LogP contribution in [0.5, 0.6) is 5.75 Å². The number of allylic oxidation sites excluding steroid dienone is 5. The highest BCUT2D eigenvalue weighted by molar-refractivity contribution is 6.09. The van der Waals surface area contributed by atoms with E-state index in [1.54, 1.807) is 19.1 Å². The molecule has 0 atom stereocenters. The van der Waals surface area contributed by atoms with Crippen LogP contribution in [0.15, 0.2) is 65.3 Å².